The summed E-state index contributed by atoms with van der Waals surface area (Å²) in [5, 5.41) is 3.40. The monoisotopic (exact) mass is 369 g/mol. The largest absolute Gasteiger partial charge is 0.442 e. The molecule has 1 heterocycles. The lowest BCUT2D eigenvalue weighted by Gasteiger charge is -2.55. The number of piperazine rings is 1. The van der Waals surface area contributed by atoms with Crippen molar-refractivity contribution < 1.29 is 9.53 Å². The number of nitrogens with zero attached hydrogens (tertiary/aromatic N) is 1. The van der Waals surface area contributed by atoms with Gasteiger partial charge in [0.05, 0.1) is 11.7 Å². The number of nitrogens with one attached hydrogen (secondary N) is 1. The van der Waals surface area contributed by atoms with E-state index >= 15 is 0 Å². The van der Waals surface area contributed by atoms with Crippen molar-refractivity contribution in [1.29, 1.82) is 0 Å². The molecule has 1 aliphatic heterocycles. The van der Waals surface area contributed by atoms with Crippen LogP contribution in [0.3, 0.4) is 0 Å². The van der Waals surface area contributed by atoms with Gasteiger partial charge in [0.1, 0.15) is 0 Å². The minimum atomic E-state index is -0.713. The predicted octanol–water partition coefficient (Wildman–Crippen LogP) is 4.16. The Morgan fingerprint density at radius 3 is 2.15 bits per heavy atom. The van der Waals surface area contributed by atoms with Gasteiger partial charge >= 0.3 is 5.97 Å². The van der Waals surface area contributed by atoms with E-state index in [1.54, 1.807) is 0 Å². The summed E-state index contributed by atoms with van der Waals surface area (Å²) in [4.78, 5) is 14.6. The van der Waals surface area contributed by atoms with Crippen LogP contribution in [-0.2, 0) is 9.53 Å². The standard InChI is InChI=1S/C21H43N3O2/c1-6-7-8-9-10-11-12-13-14-15-19(25)26-21(5)20(3,4)24(18(2)22)17-16-23-21/h18,23H,6-17,22H2,1-5H3. The van der Waals surface area contributed by atoms with Crippen LogP contribution in [0.2, 0.25) is 0 Å². The zero-order valence-electron chi connectivity index (χ0n) is 17.9. The summed E-state index contributed by atoms with van der Waals surface area (Å²) >= 11 is 0. The number of hydrogen-bond donors (Lipinski definition) is 2. The summed E-state index contributed by atoms with van der Waals surface area (Å²) in [6.07, 6.45) is 11.7. The van der Waals surface area contributed by atoms with Crippen molar-refractivity contribution in [1.82, 2.24) is 10.2 Å². The zero-order chi connectivity index (χ0) is 19.6. The van der Waals surface area contributed by atoms with Gasteiger partial charge in [-0.25, -0.2) is 0 Å². The first kappa shape index (κ1) is 23.4. The molecule has 154 valence electrons. The first-order valence-corrected chi connectivity index (χ1v) is 10.7. The molecule has 1 fully saturated rings. The quantitative estimate of drug-likeness (QED) is 0.399. The Kier molecular flexibility index (Phi) is 10.1. The van der Waals surface area contributed by atoms with Gasteiger partial charge in [0.15, 0.2) is 5.72 Å². The average Bonchev–Trinajstić information content (AvgIpc) is 2.55. The highest BCUT2D eigenvalue weighted by molar-refractivity contribution is 5.70. The molecule has 0 aliphatic carbocycles. The molecule has 0 aromatic carbocycles. The maximum absolute atomic E-state index is 12.4. The third-order valence-electron chi connectivity index (χ3n) is 5.99. The molecule has 5 nitrogen and oxygen atoms in total. The van der Waals surface area contributed by atoms with E-state index in [4.69, 9.17) is 10.5 Å². The van der Waals surface area contributed by atoms with E-state index < -0.39 is 5.72 Å². The van der Waals surface area contributed by atoms with Gasteiger partial charge in [-0.05, 0) is 34.1 Å². The molecular formula is C21H43N3O2. The SMILES string of the molecule is CCCCCCCCCCCC(=O)OC1(C)NCCN(C(C)N)C1(C)C. The van der Waals surface area contributed by atoms with Crippen LogP contribution in [0, 0.1) is 0 Å². The summed E-state index contributed by atoms with van der Waals surface area (Å²) in [5.74, 6) is -0.109. The minimum absolute atomic E-state index is 0.0672. The summed E-state index contributed by atoms with van der Waals surface area (Å²) in [5.41, 5.74) is 5.05. The van der Waals surface area contributed by atoms with Crippen LogP contribution in [0.1, 0.15) is 98.8 Å². The van der Waals surface area contributed by atoms with Crippen molar-refractivity contribution in [2.45, 2.75) is 116 Å². The van der Waals surface area contributed by atoms with Crippen LogP contribution in [-0.4, -0.2) is 41.4 Å². The van der Waals surface area contributed by atoms with Gasteiger partial charge in [0.2, 0.25) is 0 Å². The third kappa shape index (κ3) is 6.82. The van der Waals surface area contributed by atoms with Crippen molar-refractivity contribution in [2.24, 2.45) is 5.73 Å². The molecule has 0 radical (unpaired) electrons. The first-order chi connectivity index (χ1) is 12.2. The van der Waals surface area contributed by atoms with Gasteiger partial charge in [0, 0.05) is 19.5 Å². The maximum Gasteiger partial charge on any atom is 0.307 e. The Bertz CT molecular complexity index is 412. The molecule has 5 heteroatoms. The van der Waals surface area contributed by atoms with Crippen molar-refractivity contribution in [2.75, 3.05) is 13.1 Å². The lowest BCUT2D eigenvalue weighted by Crippen LogP contribution is -2.74. The van der Waals surface area contributed by atoms with Crippen molar-refractivity contribution in [3.63, 3.8) is 0 Å². The van der Waals surface area contributed by atoms with E-state index in [-0.39, 0.29) is 17.7 Å². The smallest absolute Gasteiger partial charge is 0.307 e. The summed E-state index contributed by atoms with van der Waals surface area (Å²) < 4.78 is 5.90. The molecule has 2 unspecified atom stereocenters. The van der Waals surface area contributed by atoms with E-state index in [0.29, 0.717) is 6.42 Å². The van der Waals surface area contributed by atoms with Crippen LogP contribution >= 0.6 is 0 Å². The lowest BCUT2D eigenvalue weighted by atomic mass is 9.86. The van der Waals surface area contributed by atoms with Crippen molar-refractivity contribution in [3.8, 4) is 0 Å². The average molecular weight is 370 g/mol. The number of esters is 1. The summed E-state index contributed by atoms with van der Waals surface area (Å²) in [7, 11) is 0. The van der Waals surface area contributed by atoms with Gasteiger partial charge < -0.3 is 10.5 Å². The van der Waals surface area contributed by atoms with Crippen molar-refractivity contribution in [3.05, 3.63) is 0 Å². The second-order valence-corrected chi connectivity index (χ2v) is 8.51. The summed E-state index contributed by atoms with van der Waals surface area (Å²) in [6.45, 7) is 12.0. The highest BCUT2D eigenvalue weighted by Crippen LogP contribution is 2.33. The number of carbonyl (C=O) groups excluding carboxylic acids is 1. The molecule has 0 aromatic heterocycles. The van der Waals surface area contributed by atoms with Crippen LogP contribution in [0.25, 0.3) is 0 Å². The number of unbranched alkanes of at least 4 members (excludes halogenated alkanes) is 8. The number of hydrogen-bond acceptors (Lipinski definition) is 5. The fraction of sp³-hybridized carbons (Fsp3) is 0.952. The molecule has 1 aliphatic rings. The van der Waals surface area contributed by atoms with E-state index in [1.807, 2.05) is 13.8 Å². The Balaban J connectivity index is 2.29. The number of rotatable bonds is 12. The molecular weight excluding hydrogens is 326 g/mol. The molecule has 0 bridgehead atoms. The first-order valence-electron chi connectivity index (χ1n) is 10.7. The maximum atomic E-state index is 12.4. The van der Waals surface area contributed by atoms with Gasteiger partial charge in [-0.15, -0.1) is 0 Å². The van der Waals surface area contributed by atoms with Gasteiger partial charge in [0.25, 0.3) is 0 Å². The van der Waals surface area contributed by atoms with Crippen LogP contribution in [0.5, 0.6) is 0 Å². The second-order valence-electron chi connectivity index (χ2n) is 8.51. The summed E-state index contributed by atoms with van der Waals surface area (Å²) in [6, 6.07) is 0. The van der Waals surface area contributed by atoms with E-state index in [1.165, 1.54) is 44.9 Å². The molecule has 2 atom stereocenters. The van der Waals surface area contributed by atoms with Gasteiger partial charge in [-0.1, -0.05) is 58.3 Å². The Labute approximate surface area is 161 Å². The van der Waals surface area contributed by atoms with Crippen LogP contribution in [0.4, 0.5) is 0 Å². The molecule has 0 aromatic rings. The molecule has 0 saturated carbocycles. The molecule has 1 saturated heterocycles. The highest BCUT2D eigenvalue weighted by atomic mass is 16.6. The minimum Gasteiger partial charge on any atom is -0.442 e. The van der Waals surface area contributed by atoms with Gasteiger partial charge in [-0.3, -0.25) is 15.0 Å². The Hall–Kier alpha value is -0.650. The van der Waals surface area contributed by atoms with Crippen molar-refractivity contribution >= 4 is 5.97 Å². The fourth-order valence-electron chi connectivity index (χ4n) is 3.92. The van der Waals surface area contributed by atoms with E-state index in [0.717, 1.165) is 25.9 Å². The molecule has 1 rings (SSSR count). The third-order valence-corrected chi connectivity index (χ3v) is 5.99. The van der Waals surface area contributed by atoms with Gasteiger partial charge in [-0.2, -0.15) is 0 Å². The molecule has 3 N–H and O–H groups in total. The number of nitrogens with two attached hydrogens (primary N) is 1. The molecule has 0 spiro atoms. The zero-order valence-corrected chi connectivity index (χ0v) is 17.9. The topological polar surface area (TPSA) is 67.6 Å². The molecule has 26 heavy (non-hydrogen) atoms. The second kappa shape index (κ2) is 11.3. The van der Waals surface area contributed by atoms with Crippen LogP contribution < -0.4 is 11.1 Å². The normalized spacial score (nSPS) is 24.4. The van der Waals surface area contributed by atoms with E-state index in [2.05, 4.69) is 31.0 Å². The van der Waals surface area contributed by atoms with E-state index in [9.17, 15) is 4.79 Å². The lowest BCUT2D eigenvalue weighted by molar-refractivity contribution is -0.194. The predicted molar refractivity (Wildman–Crippen MR) is 109 cm³/mol. The fourth-order valence-corrected chi connectivity index (χ4v) is 3.92. The Morgan fingerprint density at radius 1 is 1.08 bits per heavy atom. The number of carbonyl (C=O) groups is 1. The Morgan fingerprint density at radius 2 is 1.62 bits per heavy atom. The van der Waals surface area contributed by atoms with Crippen LogP contribution in [0.15, 0.2) is 0 Å². The highest BCUT2D eigenvalue weighted by Gasteiger charge is 2.51. The number of ether oxygens (including phenoxy) is 1. The molecule has 0 amide bonds.